The predicted molar refractivity (Wildman–Crippen MR) is 125 cm³/mol. The molecule has 28 heavy (non-hydrogen) atoms. The Morgan fingerprint density at radius 3 is 0.750 bits per heavy atom. The van der Waals surface area contributed by atoms with Crippen molar-refractivity contribution in [3.63, 3.8) is 0 Å². The normalized spacial score (nSPS) is 11.1. The van der Waals surface area contributed by atoms with Crippen LogP contribution in [-0.2, 0) is 0 Å². The maximum absolute atomic E-state index is 2.34. The molecule has 0 aliphatic heterocycles. The second-order valence-electron chi connectivity index (χ2n) is 6.65. The van der Waals surface area contributed by atoms with E-state index in [1.807, 2.05) is 0 Å². The second-order valence-corrected chi connectivity index (χ2v) is 16.4. The molecular weight excluding hydrogens is 462 g/mol. The van der Waals surface area contributed by atoms with Gasteiger partial charge in [0.1, 0.15) is 0 Å². The Bertz CT molecular complexity index is 792. The molecule has 0 amide bonds. The van der Waals surface area contributed by atoms with Gasteiger partial charge in [0, 0.05) is 0 Å². The third-order valence-corrected chi connectivity index (χ3v) is 17.0. The third kappa shape index (κ3) is 4.88. The molecule has 0 fully saturated rings. The molecule has 0 bridgehead atoms. The first kappa shape index (κ1) is 19.3. The van der Waals surface area contributed by atoms with E-state index < -0.39 is 29.3 Å². The van der Waals surface area contributed by atoms with Crippen LogP contribution >= 0.6 is 0 Å². The van der Waals surface area contributed by atoms with E-state index in [4.69, 9.17) is 0 Å². The van der Waals surface area contributed by atoms with Crippen LogP contribution < -0.4 is 17.4 Å². The van der Waals surface area contributed by atoms with Gasteiger partial charge >= 0.3 is 178 Å². The average molecular weight is 486 g/mol. The van der Waals surface area contributed by atoms with Gasteiger partial charge in [-0.1, -0.05) is 0 Å². The summed E-state index contributed by atoms with van der Waals surface area (Å²) in [6, 6.07) is 44.9. The van der Waals surface area contributed by atoms with Gasteiger partial charge in [-0.3, -0.25) is 0 Å². The molecule has 138 valence electrons. The molecule has 0 aliphatic rings. The van der Waals surface area contributed by atoms with Crippen molar-refractivity contribution in [1.82, 2.24) is 0 Å². The van der Waals surface area contributed by atoms with Gasteiger partial charge < -0.3 is 0 Å². The van der Waals surface area contributed by atoms with E-state index in [0.29, 0.717) is 0 Å². The van der Waals surface area contributed by atoms with Crippen molar-refractivity contribution >= 4 is 46.7 Å². The summed E-state index contributed by atoms with van der Waals surface area (Å²) in [6.07, 6.45) is 0. The van der Waals surface area contributed by atoms with Gasteiger partial charge in [-0.25, -0.2) is 0 Å². The Balaban J connectivity index is 1.64. The van der Waals surface area contributed by atoms with Crippen LogP contribution in [0.2, 0.25) is 10.4 Å². The van der Waals surface area contributed by atoms with Crippen LogP contribution in [0.3, 0.4) is 0 Å². The zero-order valence-corrected chi connectivity index (χ0v) is 19.6. The molecule has 0 spiro atoms. The van der Waals surface area contributed by atoms with Crippen LogP contribution in [0, 0.1) is 0 Å². The van der Waals surface area contributed by atoms with Crippen LogP contribution in [0.25, 0.3) is 0 Å². The maximum atomic E-state index is 2.34. The summed E-state index contributed by atoms with van der Waals surface area (Å²) < 4.78 is 6.26. The van der Waals surface area contributed by atoms with Gasteiger partial charge in [0.2, 0.25) is 0 Å². The minimum absolute atomic E-state index is 1.30. The van der Waals surface area contributed by atoms with E-state index in [1.54, 1.807) is 17.4 Å². The van der Waals surface area contributed by atoms with Gasteiger partial charge in [-0.05, 0) is 0 Å². The fraction of sp³-hybridized carbons (Fsp3) is 0.0769. The summed E-state index contributed by atoms with van der Waals surface area (Å²) in [4.78, 5) is 0. The molecule has 0 saturated heterocycles. The van der Waals surface area contributed by atoms with Crippen LogP contribution in [0.4, 0.5) is 0 Å². The summed E-state index contributed by atoms with van der Waals surface area (Å²) in [5.41, 5.74) is 0. The first-order valence-electron chi connectivity index (χ1n) is 9.67. The first-order chi connectivity index (χ1) is 13.9. The molecule has 4 rings (SSSR count). The van der Waals surface area contributed by atoms with Crippen molar-refractivity contribution < 1.29 is 0 Å². The van der Waals surface area contributed by atoms with E-state index in [1.165, 1.54) is 10.4 Å². The van der Waals surface area contributed by atoms with E-state index in [-0.39, 0.29) is 0 Å². The molecule has 0 nitrogen and oxygen atoms in total. The molecule has 0 atom stereocenters. The molecule has 2 heteroatoms. The summed E-state index contributed by atoms with van der Waals surface area (Å²) in [5.74, 6) is 0. The van der Waals surface area contributed by atoms with Crippen molar-refractivity contribution in [1.29, 1.82) is 0 Å². The van der Waals surface area contributed by atoms with E-state index in [0.717, 1.165) is 0 Å². The Kier molecular flexibility index (Phi) is 6.88. The van der Waals surface area contributed by atoms with E-state index in [2.05, 4.69) is 121 Å². The van der Waals surface area contributed by atoms with Gasteiger partial charge in [-0.15, -0.1) is 0 Å². The van der Waals surface area contributed by atoms with Crippen LogP contribution in [0.15, 0.2) is 121 Å². The molecule has 0 saturated carbocycles. The van der Waals surface area contributed by atoms with Crippen molar-refractivity contribution in [3.05, 3.63) is 121 Å². The van der Waals surface area contributed by atoms with Crippen LogP contribution in [0.5, 0.6) is 0 Å². The minimum atomic E-state index is -1.30. The quantitative estimate of drug-likeness (QED) is 0.351. The zero-order valence-electron chi connectivity index (χ0n) is 15.9. The molecule has 0 radical (unpaired) electrons. The number of hydrogen-bond acceptors (Lipinski definition) is 0. The Labute approximate surface area is 177 Å². The Morgan fingerprint density at radius 2 is 0.536 bits per heavy atom. The topological polar surface area (TPSA) is 0 Å². The Morgan fingerprint density at radius 1 is 0.321 bits per heavy atom. The molecule has 0 aromatic heterocycles. The molecule has 0 N–H and O–H groups in total. The molecule has 4 aromatic carbocycles. The fourth-order valence-electron chi connectivity index (χ4n) is 3.45. The molecule has 0 unspecified atom stereocenters. The van der Waals surface area contributed by atoms with Gasteiger partial charge in [0.25, 0.3) is 0 Å². The zero-order chi connectivity index (χ0) is 19.0. The van der Waals surface area contributed by atoms with Crippen molar-refractivity contribution in [2.75, 3.05) is 0 Å². The molecule has 4 aromatic rings. The molecule has 0 aliphatic carbocycles. The second kappa shape index (κ2) is 9.97. The van der Waals surface area contributed by atoms with E-state index in [9.17, 15) is 0 Å². The molecule has 0 heterocycles. The third-order valence-electron chi connectivity index (χ3n) is 4.82. The first-order valence-corrected chi connectivity index (χ1v) is 16.1. The predicted octanol–water partition coefficient (Wildman–Crippen LogP) is 3.60. The van der Waals surface area contributed by atoms with Crippen molar-refractivity contribution in [2.45, 2.75) is 10.4 Å². The monoisotopic (exact) mass is 486 g/mol. The summed E-state index contributed by atoms with van der Waals surface area (Å²) in [5, 5.41) is 2.65. The summed E-state index contributed by atoms with van der Waals surface area (Å²) >= 11 is -2.60. The summed E-state index contributed by atoms with van der Waals surface area (Å²) in [7, 11) is 0. The standard InChI is InChI=1S/C26H24As2/c1-5-13-23(14-6-1)27(24-15-7-2-8-16-24)21-22-28(25-17-9-3-10-18-25)26-19-11-4-12-20-26/h1-20H,21-22H2. The SMILES string of the molecule is c1ccc([As](CC[As](c2ccccc2)c2ccccc2)c2ccccc2)cc1. The van der Waals surface area contributed by atoms with Crippen molar-refractivity contribution in [2.24, 2.45) is 0 Å². The van der Waals surface area contributed by atoms with Gasteiger partial charge in [0.05, 0.1) is 0 Å². The van der Waals surface area contributed by atoms with Crippen LogP contribution in [0.1, 0.15) is 0 Å². The number of hydrogen-bond donors (Lipinski definition) is 0. The summed E-state index contributed by atoms with van der Waals surface area (Å²) in [6.45, 7) is 0. The van der Waals surface area contributed by atoms with E-state index >= 15 is 0 Å². The van der Waals surface area contributed by atoms with Crippen molar-refractivity contribution in [3.8, 4) is 0 Å². The Hall–Kier alpha value is -2.00. The van der Waals surface area contributed by atoms with Crippen LogP contribution in [-0.4, -0.2) is 29.3 Å². The van der Waals surface area contributed by atoms with Gasteiger partial charge in [-0.2, -0.15) is 0 Å². The fourth-order valence-corrected chi connectivity index (χ4v) is 16.5. The van der Waals surface area contributed by atoms with Gasteiger partial charge in [0.15, 0.2) is 0 Å². The number of benzene rings is 4. The number of rotatable bonds is 7. The molecular formula is C26H24As2. The average Bonchev–Trinajstić information content (AvgIpc) is 2.79.